The maximum atomic E-state index is 6.55. The molecule has 3 rings (SSSR count). The number of benzene rings is 1. The molecule has 1 aliphatic heterocycles. The molecule has 0 unspecified atom stereocenters. The normalized spacial score (nSPS) is 31.6. The summed E-state index contributed by atoms with van der Waals surface area (Å²) < 4.78 is 6.17. The van der Waals surface area contributed by atoms with Crippen LogP contribution in [-0.4, -0.2) is 29.1 Å². The van der Waals surface area contributed by atoms with Crippen molar-refractivity contribution in [3.8, 4) is 0 Å². The second-order valence-electron chi connectivity index (χ2n) is 6.00. The van der Waals surface area contributed by atoms with Gasteiger partial charge in [-0.3, -0.25) is 4.90 Å². The van der Waals surface area contributed by atoms with Crippen molar-refractivity contribution in [1.82, 2.24) is 4.90 Å². The van der Waals surface area contributed by atoms with E-state index in [0.717, 1.165) is 19.4 Å². The van der Waals surface area contributed by atoms with Gasteiger partial charge in [0, 0.05) is 18.0 Å². The molecule has 1 aromatic rings. The van der Waals surface area contributed by atoms with E-state index in [2.05, 4.69) is 29.2 Å². The van der Waals surface area contributed by atoms with Gasteiger partial charge in [0.05, 0.1) is 6.61 Å². The fourth-order valence-corrected chi connectivity index (χ4v) is 3.95. The molecule has 20 heavy (non-hydrogen) atoms. The van der Waals surface area contributed by atoms with Gasteiger partial charge in [0.15, 0.2) is 0 Å². The molecule has 2 aliphatic rings. The van der Waals surface area contributed by atoms with E-state index >= 15 is 0 Å². The Bertz CT molecular complexity index is 411. The second kappa shape index (κ2) is 6.93. The Hall–Kier alpha value is -0.570. The summed E-state index contributed by atoms with van der Waals surface area (Å²) in [6.07, 6.45) is 7.64. The zero-order valence-corrected chi connectivity index (χ0v) is 12.8. The lowest BCUT2D eigenvalue weighted by atomic mass is 9.94. The van der Waals surface area contributed by atoms with Gasteiger partial charge >= 0.3 is 0 Å². The molecule has 2 fully saturated rings. The van der Waals surface area contributed by atoms with E-state index in [-0.39, 0.29) is 6.23 Å². The van der Waals surface area contributed by atoms with E-state index in [4.69, 9.17) is 16.3 Å². The standard InChI is InChI=1S/C17H24ClNO/c18-15-9-4-5-10-16(15)19-12-6-11-17(19)20-13-14-7-2-1-3-8-14/h1-3,7-8,15-17H,4-6,9-13H2/t15-,16-,17+/m0/s1. The molecule has 2 nitrogen and oxygen atoms in total. The first kappa shape index (κ1) is 14.4. The average Bonchev–Trinajstić information content (AvgIpc) is 2.95. The van der Waals surface area contributed by atoms with Crippen molar-refractivity contribution >= 4 is 11.6 Å². The average molecular weight is 294 g/mol. The largest absolute Gasteiger partial charge is 0.358 e. The van der Waals surface area contributed by atoms with Crippen LogP contribution in [0, 0.1) is 0 Å². The summed E-state index contributed by atoms with van der Waals surface area (Å²) in [5.41, 5.74) is 1.26. The van der Waals surface area contributed by atoms with Gasteiger partial charge in [0.1, 0.15) is 6.23 Å². The van der Waals surface area contributed by atoms with Gasteiger partial charge in [-0.2, -0.15) is 0 Å². The molecule has 1 aliphatic carbocycles. The third-order valence-corrected chi connectivity index (χ3v) is 5.10. The SMILES string of the molecule is Cl[C@H]1CCCC[C@@H]1N1CCC[C@H]1OCc1ccccc1. The number of likely N-dealkylation sites (tertiary alicyclic amines) is 1. The van der Waals surface area contributed by atoms with Crippen LogP contribution in [0.3, 0.4) is 0 Å². The third-order valence-electron chi connectivity index (χ3n) is 4.60. The molecular formula is C17H24ClNO. The molecule has 0 spiro atoms. The Morgan fingerprint density at radius 1 is 1.05 bits per heavy atom. The number of hydrogen-bond acceptors (Lipinski definition) is 2. The van der Waals surface area contributed by atoms with Gasteiger partial charge in [0.2, 0.25) is 0 Å². The van der Waals surface area contributed by atoms with Crippen molar-refractivity contribution in [2.24, 2.45) is 0 Å². The maximum absolute atomic E-state index is 6.55. The van der Waals surface area contributed by atoms with Gasteiger partial charge in [-0.05, 0) is 31.2 Å². The van der Waals surface area contributed by atoms with Gasteiger partial charge in [-0.1, -0.05) is 43.2 Å². The second-order valence-corrected chi connectivity index (χ2v) is 6.56. The Morgan fingerprint density at radius 3 is 2.65 bits per heavy atom. The summed E-state index contributed by atoms with van der Waals surface area (Å²) in [6, 6.07) is 11.0. The minimum atomic E-state index is 0.263. The summed E-state index contributed by atoms with van der Waals surface area (Å²) >= 11 is 6.55. The lowest BCUT2D eigenvalue weighted by Gasteiger charge is -2.38. The van der Waals surface area contributed by atoms with Gasteiger partial charge < -0.3 is 4.74 Å². The van der Waals surface area contributed by atoms with Gasteiger partial charge in [-0.15, -0.1) is 11.6 Å². The fourth-order valence-electron chi connectivity index (χ4n) is 3.52. The monoisotopic (exact) mass is 293 g/mol. The molecule has 0 aromatic heterocycles. The maximum Gasteiger partial charge on any atom is 0.111 e. The van der Waals surface area contributed by atoms with E-state index < -0.39 is 0 Å². The van der Waals surface area contributed by atoms with Crippen LogP contribution in [0.4, 0.5) is 0 Å². The predicted octanol–water partition coefficient (Wildman–Crippen LogP) is 4.18. The molecule has 0 bridgehead atoms. The minimum Gasteiger partial charge on any atom is -0.358 e. The van der Waals surface area contributed by atoms with E-state index in [1.54, 1.807) is 0 Å². The van der Waals surface area contributed by atoms with Crippen molar-refractivity contribution in [3.63, 3.8) is 0 Å². The van der Waals surface area contributed by atoms with Crippen molar-refractivity contribution in [2.45, 2.75) is 62.8 Å². The molecule has 110 valence electrons. The Kier molecular flexibility index (Phi) is 4.98. The van der Waals surface area contributed by atoms with E-state index in [1.165, 1.54) is 31.2 Å². The zero-order valence-electron chi connectivity index (χ0n) is 12.0. The Balaban J connectivity index is 1.58. The number of nitrogens with zero attached hydrogens (tertiary/aromatic N) is 1. The highest BCUT2D eigenvalue weighted by molar-refractivity contribution is 6.21. The van der Waals surface area contributed by atoms with Crippen molar-refractivity contribution < 1.29 is 4.74 Å². The van der Waals surface area contributed by atoms with E-state index in [1.807, 2.05) is 6.07 Å². The summed E-state index contributed by atoms with van der Waals surface area (Å²) in [5.74, 6) is 0. The highest BCUT2D eigenvalue weighted by Gasteiger charge is 2.36. The first-order valence-electron chi connectivity index (χ1n) is 7.90. The zero-order chi connectivity index (χ0) is 13.8. The molecule has 0 radical (unpaired) electrons. The quantitative estimate of drug-likeness (QED) is 0.772. The van der Waals surface area contributed by atoms with Crippen molar-refractivity contribution in [3.05, 3.63) is 35.9 Å². The van der Waals surface area contributed by atoms with Gasteiger partial charge in [-0.25, -0.2) is 0 Å². The van der Waals surface area contributed by atoms with E-state index in [0.29, 0.717) is 18.0 Å². The van der Waals surface area contributed by atoms with E-state index in [9.17, 15) is 0 Å². The molecule has 3 atom stereocenters. The van der Waals surface area contributed by atoms with Crippen LogP contribution in [0.15, 0.2) is 30.3 Å². The lowest BCUT2D eigenvalue weighted by molar-refractivity contribution is -0.0675. The first-order valence-corrected chi connectivity index (χ1v) is 8.33. The smallest absolute Gasteiger partial charge is 0.111 e. The molecule has 1 saturated heterocycles. The summed E-state index contributed by atoms with van der Waals surface area (Å²) in [5, 5.41) is 0.310. The number of rotatable bonds is 4. The van der Waals surface area contributed by atoms with Crippen LogP contribution >= 0.6 is 11.6 Å². The molecule has 1 heterocycles. The molecule has 1 saturated carbocycles. The molecule has 1 aromatic carbocycles. The molecule has 3 heteroatoms. The van der Waals surface area contributed by atoms with Crippen LogP contribution in [0.1, 0.15) is 44.1 Å². The molecular weight excluding hydrogens is 270 g/mol. The van der Waals surface area contributed by atoms with Crippen LogP contribution in [0.2, 0.25) is 0 Å². The molecule has 0 amide bonds. The summed E-state index contributed by atoms with van der Waals surface area (Å²) in [4.78, 5) is 2.53. The number of halogens is 1. The van der Waals surface area contributed by atoms with Crippen molar-refractivity contribution in [2.75, 3.05) is 6.54 Å². The topological polar surface area (TPSA) is 12.5 Å². The van der Waals surface area contributed by atoms with Crippen LogP contribution in [-0.2, 0) is 11.3 Å². The number of alkyl halides is 1. The van der Waals surface area contributed by atoms with Crippen LogP contribution in [0.5, 0.6) is 0 Å². The Labute approximate surface area is 127 Å². The minimum absolute atomic E-state index is 0.263. The lowest BCUT2D eigenvalue weighted by Crippen LogP contribution is -2.46. The number of hydrogen-bond donors (Lipinski definition) is 0. The highest BCUT2D eigenvalue weighted by atomic mass is 35.5. The summed E-state index contributed by atoms with van der Waals surface area (Å²) in [6.45, 7) is 1.86. The Morgan fingerprint density at radius 2 is 1.85 bits per heavy atom. The first-order chi connectivity index (χ1) is 9.84. The van der Waals surface area contributed by atoms with Crippen LogP contribution in [0.25, 0.3) is 0 Å². The predicted molar refractivity (Wildman–Crippen MR) is 82.9 cm³/mol. The molecule has 0 N–H and O–H groups in total. The highest BCUT2D eigenvalue weighted by Crippen LogP contribution is 2.32. The van der Waals surface area contributed by atoms with Gasteiger partial charge in [0.25, 0.3) is 0 Å². The van der Waals surface area contributed by atoms with Crippen LogP contribution < -0.4 is 0 Å². The summed E-state index contributed by atoms with van der Waals surface area (Å²) in [7, 11) is 0. The third kappa shape index (κ3) is 3.36. The fraction of sp³-hybridized carbons (Fsp3) is 0.647. The van der Waals surface area contributed by atoms with Crippen molar-refractivity contribution in [1.29, 1.82) is 0 Å². The number of ether oxygens (including phenoxy) is 1.